The number of nitrogens with zero attached hydrogens (tertiary/aromatic N) is 4. The third-order valence-electron chi connectivity index (χ3n) is 6.57. The number of pyridine rings is 1. The Kier molecular flexibility index (Phi) is 8.77. The minimum absolute atomic E-state index is 0.0337. The Morgan fingerprint density at radius 2 is 1.52 bits per heavy atom. The van der Waals surface area contributed by atoms with Gasteiger partial charge in [-0.1, -0.05) is 0 Å². The highest BCUT2D eigenvalue weighted by molar-refractivity contribution is 8.00. The van der Waals surface area contributed by atoms with E-state index in [1.165, 1.54) is 64.5 Å². The molecule has 0 unspecified atom stereocenters. The van der Waals surface area contributed by atoms with E-state index in [1.807, 2.05) is 0 Å². The highest BCUT2D eigenvalue weighted by Crippen LogP contribution is 2.40. The zero-order valence-electron chi connectivity index (χ0n) is 23.5. The number of imide groups is 1. The van der Waals surface area contributed by atoms with Crippen molar-refractivity contribution in [2.75, 3.05) is 24.0 Å². The van der Waals surface area contributed by atoms with Gasteiger partial charge in [0.05, 0.1) is 25.6 Å². The molecule has 0 N–H and O–H groups in total. The number of carbonyl (C=O) groups excluding carboxylic acids is 3. The Balaban J connectivity index is 1.68. The maximum Gasteiger partial charge on any atom is 0.472 e. The number of anilines is 3. The van der Waals surface area contributed by atoms with E-state index in [4.69, 9.17) is 9.47 Å². The molecule has 234 valence electrons. The Labute approximate surface area is 251 Å². The Bertz CT molecular complexity index is 1560. The molecule has 44 heavy (non-hydrogen) atoms. The van der Waals surface area contributed by atoms with Gasteiger partial charge in [0.1, 0.15) is 22.9 Å². The maximum atomic E-state index is 13.7. The number of carbonyl (C=O) groups is 3. The fraction of sp³-hybridized carbons (Fsp3) is 0.286. The smallest absolute Gasteiger partial charge is 0.472 e. The van der Waals surface area contributed by atoms with Crippen LogP contribution in [0.2, 0.25) is 0 Å². The van der Waals surface area contributed by atoms with E-state index in [-0.39, 0.29) is 51.6 Å². The van der Waals surface area contributed by atoms with Gasteiger partial charge in [0.15, 0.2) is 0 Å². The lowest BCUT2D eigenvalue weighted by Crippen LogP contribution is -2.43. The zero-order chi connectivity index (χ0) is 32.6. The molecule has 3 aromatic rings. The van der Waals surface area contributed by atoms with Gasteiger partial charge in [-0.2, -0.15) is 26.3 Å². The molecule has 0 atom stereocenters. The fourth-order valence-electron chi connectivity index (χ4n) is 4.39. The average Bonchev–Trinajstić information content (AvgIpc) is 3.11. The lowest BCUT2D eigenvalue weighted by atomic mass is 10.0. The van der Waals surface area contributed by atoms with Gasteiger partial charge in [0.25, 0.3) is 5.91 Å². The first-order valence-electron chi connectivity index (χ1n) is 12.6. The van der Waals surface area contributed by atoms with Crippen LogP contribution in [0.25, 0.3) is 0 Å². The minimum Gasteiger partial charge on any atom is -0.497 e. The molecular formula is C28H24F6N4O5S. The van der Waals surface area contributed by atoms with Crippen molar-refractivity contribution in [3.05, 3.63) is 66.4 Å². The SMILES string of the molecule is COc1cc(OC)cc(N(C(=O)C(F)(F)F)c2cc(CN3C(=O)N(c4ccc(SC(F)(F)F)cc4)C(=O)C3(C)C)ccn2)c1. The van der Waals surface area contributed by atoms with Gasteiger partial charge < -0.3 is 14.4 Å². The van der Waals surface area contributed by atoms with Gasteiger partial charge in [-0.15, -0.1) is 0 Å². The number of hydrogen-bond acceptors (Lipinski definition) is 7. The van der Waals surface area contributed by atoms with E-state index < -0.39 is 40.9 Å². The number of aromatic nitrogens is 1. The van der Waals surface area contributed by atoms with E-state index in [0.29, 0.717) is 4.90 Å². The molecule has 4 amide bonds. The molecule has 2 heterocycles. The van der Waals surface area contributed by atoms with E-state index in [2.05, 4.69) is 4.98 Å². The number of ether oxygens (including phenoxy) is 2. The van der Waals surface area contributed by atoms with Crippen LogP contribution in [0, 0.1) is 0 Å². The quantitative estimate of drug-likeness (QED) is 0.154. The van der Waals surface area contributed by atoms with Crippen LogP contribution < -0.4 is 19.3 Å². The maximum absolute atomic E-state index is 13.7. The molecule has 0 saturated carbocycles. The van der Waals surface area contributed by atoms with Gasteiger partial charge in [0, 0.05) is 35.8 Å². The van der Waals surface area contributed by atoms with Crippen LogP contribution in [0.5, 0.6) is 11.5 Å². The van der Waals surface area contributed by atoms with Gasteiger partial charge in [-0.05, 0) is 67.6 Å². The van der Waals surface area contributed by atoms with Gasteiger partial charge in [-0.3, -0.25) is 14.5 Å². The standard InChI is InChI=1S/C28H24F6N4O5S/c1-26(2)23(39)38(17-5-7-21(8-6-17)44-28(32,33)34)25(41)36(26)15-16-9-10-35-22(11-16)37(24(40)27(29,30)31)18-12-19(42-3)14-20(13-18)43-4/h5-14H,15H2,1-4H3. The third-order valence-corrected chi connectivity index (χ3v) is 7.31. The number of alkyl halides is 6. The Morgan fingerprint density at radius 3 is 2.05 bits per heavy atom. The molecule has 1 fully saturated rings. The summed E-state index contributed by atoms with van der Waals surface area (Å²) in [7, 11) is 2.56. The first kappa shape index (κ1) is 32.4. The monoisotopic (exact) mass is 642 g/mol. The first-order valence-corrected chi connectivity index (χ1v) is 13.4. The molecule has 1 aromatic heterocycles. The number of methoxy groups -OCH3 is 2. The van der Waals surface area contributed by atoms with Gasteiger partial charge in [-0.25, -0.2) is 14.7 Å². The summed E-state index contributed by atoms with van der Waals surface area (Å²) in [5.41, 5.74) is -5.99. The van der Waals surface area contributed by atoms with Crippen LogP contribution in [0.15, 0.2) is 65.7 Å². The van der Waals surface area contributed by atoms with Crippen molar-refractivity contribution >= 4 is 46.8 Å². The van der Waals surface area contributed by atoms with Crippen molar-refractivity contribution in [1.82, 2.24) is 9.88 Å². The van der Waals surface area contributed by atoms with Crippen molar-refractivity contribution < 1.29 is 50.2 Å². The van der Waals surface area contributed by atoms with Crippen LogP contribution in [-0.2, 0) is 16.1 Å². The zero-order valence-corrected chi connectivity index (χ0v) is 24.3. The Hall–Kier alpha value is -4.47. The van der Waals surface area contributed by atoms with Crippen molar-refractivity contribution in [3.63, 3.8) is 0 Å². The second-order valence-corrected chi connectivity index (χ2v) is 11.0. The molecule has 1 aliphatic heterocycles. The topological polar surface area (TPSA) is 92.3 Å². The summed E-state index contributed by atoms with van der Waals surface area (Å²) in [5.74, 6) is -3.17. The van der Waals surface area contributed by atoms with Crippen molar-refractivity contribution in [3.8, 4) is 11.5 Å². The van der Waals surface area contributed by atoms with E-state index in [9.17, 15) is 40.7 Å². The molecule has 0 radical (unpaired) electrons. The fourth-order valence-corrected chi connectivity index (χ4v) is 4.93. The Morgan fingerprint density at radius 1 is 0.932 bits per heavy atom. The largest absolute Gasteiger partial charge is 0.497 e. The van der Waals surface area contributed by atoms with E-state index >= 15 is 0 Å². The number of amides is 4. The van der Waals surface area contributed by atoms with Crippen LogP contribution in [0.4, 0.5) is 48.3 Å². The summed E-state index contributed by atoms with van der Waals surface area (Å²) in [5, 5.41) is 0. The van der Waals surface area contributed by atoms with Crippen molar-refractivity contribution in [1.29, 1.82) is 0 Å². The molecule has 0 aliphatic carbocycles. The summed E-state index contributed by atoms with van der Waals surface area (Å²) < 4.78 is 89.6. The number of halogens is 6. The van der Waals surface area contributed by atoms with E-state index in [1.54, 1.807) is 0 Å². The molecule has 2 aromatic carbocycles. The molecule has 1 saturated heterocycles. The third kappa shape index (κ3) is 6.69. The predicted molar refractivity (Wildman–Crippen MR) is 148 cm³/mol. The molecular weight excluding hydrogens is 618 g/mol. The highest BCUT2D eigenvalue weighted by Gasteiger charge is 2.52. The molecule has 4 rings (SSSR count). The lowest BCUT2D eigenvalue weighted by Gasteiger charge is -2.28. The average molecular weight is 643 g/mol. The predicted octanol–water partition coefficient (Wildman–Crippen LogP) is 6.69. The summed E-state index contributed by atoms with van der Waals surface area (Å²) >= 11 is -0.352. The van der Waals surface area contributed by atoms with Crippen molar-refractivity contribution in [2.45, 2.75) is 42.5 Å². The van der Waals surface area contributed by atoms with Crippen LogP contribution in [0.1, 0.15) is 19.4 Å². The molecule has 1 aliphatic rings. The van der Waals surface area contributed by atoms with Crippen LogP contribution in [-0.4, -0.2) is 59.2 Å². The summed E-state index contributed by atoms with van der Waals surface area (Å²) in [6.07, 6.45) is -4.16. The second-order valence-electron chi connectivity index (χ2n) is 9.84. The molecule has 9 nitrogen and oxygen atoms in total. The number of hydrogen-bond donors (Lipinski definition) is 0. The molecule has 16 heteroatoms. The number of thioether (sulfide) groups is 1. The first-order chi connectivity index (χ1) is 20.5. The molecule has 0 spiro atoms. The lowest BCUT2D eigenvalue weighted by molar-refractivity contribution is -0.169. The van der Waals surface area contributed by atoms with Crippen molar-refractivity contribution in [2.24, 2.45) is 0 Å². The van der Waals surface area contributed by atoms with E-state index in [0.717, 1.165) is 34.2 Å². The number of urea groups is 1. The number of benzene rings is 2. The number of rotatable bonds is 8. The van der Waals surface area contributed by atoms with Crippen LogP contribution in [0.3, 0.4) is 0 Å². The van der Waals surface area contributed by atoms with Crippen LogP contribution >= 0.6 is 11.8 Å². The van der Waals surface area contributed by atoms with Gasteiger partial charge >= 0.3 is 23.6 Å². The summed E-state index contributed by atoms with van der Waals surface area (Å²) in [6, 6.07) is 10.2. The summed E-state index contributed by atoms with van der Waals surface area (Å²) in [4.78, 5) is 45.5. The normalized spacial score (nSPS) is 15.0. The minimum atomic E-state index is -5.30. The highest BCUT2D eigenvalue weighted by atomic mass is 32.2. The summed E-state index contributed by atoms with van der Waals surface area (Å²) in [6.45, 7) is 2.61. The second kappa shape index (κ2) is 11.9. The van der Waals surface area contributed by atoms with Gasteiger partial charge in [0.2, 0.25) is 0 Å². The molecule has 0 bridgehead atoms.